The fourth-order valence-corrected chi connectivity index (χ4v) is 2.09. The highest BCUT2D eigenvalue weighted by Gasteiger charge is 2.03. The van der Waals surface area contributed by atoms with E-state index in [1.165, 1.54) is 11.1 Å². The van der Waals surface area contributed by atoms with Crippen LogP contribution in [0.5, 0.6) is 5.75 Å². The molecule has 0 atom stereocenters. The van der Waals surface area contributed by atoms with E-state index < -0.39 is 0 Å². The molecule has 0 bridgehead atoms. The van der Waals surface area contributed by atoms with E-state index in [-0.39, 0.29) is 0 Å². The van der Waals surface area contributed by atoms with Crippen LogP contribution in [0, 0.1) is 6.92 Å². The zero-order valence-corrected chi connectivity index (χ0v) is 11.3. The Labute approximate surface area is 113 Å². The summed E-state index contributed by atoms with van der Waals surface area (Å²) >= 11 is 5.92. The van der Waals surface area contributed by atoms with Crippen LogP contribution in [0.15, 0.2) is 48.5 Å². The molecule has 0 fully saturated rings. The summed E-state index contributed by atoms with van der Waals surface area (Å²) < 4.78 is 5.80. The monoisotopic (exact) mass is 260 g/mol. The second-order valence-electron chi connectivity index (χ2n) is 4.33. The summed E-state index contributed by atoms with van der Waals surface area (Å²) in [5.41, 5.74) is 3.56. The second kappa shape index (κ2) is 6.46. The molecule has 94 valence electrons. The first-order chi connectivity index (χ1) is 8.79. The summed E-state index contributed by atoms with van der Waals surface area (Å²) in [6, 6.07) is 16.5. The van der Waals surface area contributed by atoms with Gasteiger partial charge in [-0.25, -0.2) is 0 Å². The Balaban J connectivity index is 1.94. The lowest BCUT2D eigenvalue weighted by Crippen LogP contribution is -2.03. The molecule has 0 saturated heterocycles. The fourth-order valence-electron chi connectivity index (χ4n) is 1.88. The molecule has 2 aromatic rings. The molecular formula is C16H17ClO. The number of hydrogen-bond donors (Lipinski definition) is 0. The van der Waals surface area contributed by atoms with E-state index in [9.17, 15) is 0 Å². The van der Waals surface area contributed by atoms with Crippen molar-refractivity contribution < 1.29 is 4.74 Å². The molecule has 0 unspecified atom stereocenters. The number of halogens is 1. The standard InChI is InChI=1S/C16H17ClO/c1-13-7-8-16(15(11-13)12-17)18-10-9-14-5-3-2-4-6-14/h2-8,11H,9-10,12H2,1H3. The zero-order valence-electron chi connectivity index (χ0n) is 10.5. The van der Waals surface area contributed by atoms with Crippen molar-refractivity contribution in [3.8, 4) is 5.75 Å². The van der Waals surface area contributed by atoms with Crippen molar-refractivity contribution in [3.05, 3.63) is 65.2 Å². The third kappa shape index (κ3) is 3.51. The van der Waals surface area contributed by atoms with Gasteiger partial charge >= 0.3 is 0 Å². The van der Waals surface area contributed by atoms with E-state index in [1.807, 2.05) is 30.3 Å². The van der Waals surface area contributed by atoms with Crippen LogP contribution in [0.1, 0.15) is 16.7 Å². The van der Waals surface area contributed by atoms with Gasteiger partial charge in [0.15, 0.2) is 0 Å². The smallest absolute Gasteiger partial charge is 0.123 e. The van der Waals surface area contributed by atoms with E-state index >= 15 is 0 Å². The molecule has 0 aliphatic carbocycles. The first kappa shape index (κ1) is 13.0. The van der Waals surface area contributed by atoms with Crippen molar-refractivity contribution in [1.29, 1.82) is 0 Å². The summed E-state index contributed by atoms with van der Waals surface area (Å²) in [6.07, 6.45) is 0.913. The molecule has 0 aliphatic heterocycles. The minimum absolute atomic E-state index is 0.488. The quantitative estimate of drug-likeness (QED) is 0.726. The van der Waals surface area contributed by atoms with Crippen LogP contribution in [-0.2, 0) is 12.3 Å². The molecule has 2 aromatic carbocycles. The summed E-state index contributed by atoms with van der Waals surface area (Å²) in [5, 5.41) is 0. The van der Waals surface area contributed by atoms with Gasteiger partial charge in [-0.2, -0.15) is 0 Å². The third-order valence-corrected chi connectivity index (χ3v) is 3.14. The van der Waals surface area contributed by atoms with Crippen LogP contribution < -0.4 is 4.74 Å². The SMILES string of the molecule is Cc1ccc(OCCc2ccccc2)c(CCl)c1. The second-order valence-corrected chi connectivity index (χ2v) is 4.60. The molecule has 0 saturated carbocycles. The highest BCUT2D eigenvalue weighted by atomic mass is 35.5. The van der Waals surface area contributed by atoms with Crippen molar-refractivity contribution in [2.24, 2.45) is 0 Å². The van der Waals surface area contributed by atoms with Gasteiger partial charge in [0.05, 0.1) is 12.5 Å². The minimum atomic E-state index is 0.488. The van der Waals surface area contributed by atoms with Gasteiger partial charge in [-0.3, -0.25) is 0 Å². The average molecular weight is 261 g/mol. The lowest BCUT2D eigenvalue weighted by Gasteiger charge is -2.10. The molecule has 0 N–H and O–H groups in total. The molecular weight excluding hydrogens is 244 g/mol. The lowest BCUT2D eigenvalue weighted by molar-refractivity contribution is 0.319. The van der Waals surface area contributed by atoms with Gasteiger partial charge in [-0.1, -0.05) is 48.0 Å². The van der Waals surface area contributed by atoms with Crippen LogP contribution in [0.25, 0.3) is 0 Å². The van der Waals surface area contributed by atoms with E-state index in [4.69, 9.17) is 16.3 Å². The highest BCUT2D eigenvalue weighted by molar-refractivity contribution is 6.17. The molecule has 0 radical (unpaired) electrons. The topological polar surface area (TPSA) is 9.23 Å². The Morgan fingerprint density at radius 1 is 1.06 bits per heavy atom. The molecule has 0 aliphatic rings. The molecule has 0 aromatic heterocycles. The van der Waals surface area contributed by atoms with E-state index in [0.717, 1.165) is 17.7 Å². The van der Waals surface area contributed by atoms with Crippen molar-refractivity contribution in [3.63, 3.8) is 0 Å². The first-order valence-electron chi connectivity index (χ1n) is 6.12. The minimum Gasteiger partial charge on any atom is -0.493 e. The number of rotatable bonds is 5. The Kier molecular flexibility index (Phi) is 4.66. The van der Waals surface area contributed by atoms with Gasteiger partial charge in [0.25, 0.3) is 0 Å². The molecule has 1 nitrogen and oxygen atoms in total. The summed E-state index contributed by atoms with van der Waals surface area (Å²) in [4.78, 5) is 0. The van der Waals surface area contributed by atoms with Crippen LogP contribution in [0.3, 0.4) is 0 Å². The van der Waals surface area contributed by atoms with Gasteiger partial charge < -0.3 is 4.74 Å². The van der Waals surface area contributed by atoms with E-state index in [2.05, 4.69) is 25.1 Å². The predicted molar refractivity (Wildman–Crippen MR) is 76.4 cm³/mol. The largest absolute Gasteiger partial charge is 0.493 e. The van der Waals surface area contributed by atoms with Gasteiger partial charge in [-0.05, 0) is 18.6 Å². The fraction of sp³-hybridized carbons (Fsp3) is 0.250. The maximum Gasteiger partial charge on any atom is 0.123 e. The predicted octanol–water partition coefficient (Wildman–Crippen LogP) is 4.36. The van der Waals surface area contributed by atoms with Crippen LogP contribution >= 0.6 is 11.6 Å². The van der Waals surface area contributed by atoms with Crippen LogP contribution in [0.4, 0.5) is 0 Å². The van der Waals surface area contributed by atoms with Crippen molar-refractivity contribution >= 4 is 11.6 Å². The zero-order chi connectivity index (χ0) is 12.8. The number of aryl methyl sites for hydroxylation is 1. The molecule has 0 spiro atoms. The van der Waals surface area contributed by atoms with Crippen molar-refractivity contribution in [1.82, 2.24) is 0 Å². The number of ether oxygens (including phenoxy) is 1. The summed E-state index contributed by atoms with van der Waals surface area (Å²) in [6.45, 7) is 2.74. The Hall–Kier alpha value is -1.47. The first-order valence-corrected chi connectivity index (χ1v) is 6.65. The lowest BCUT2D eigenvalue weighted by atomic mass is 10.1. The molecule has 0 amide bonds. The average Bonchev–Trinajstić information content (AvgIpc) is 2.41. The highest BCUT2D eigenvalue weighted by Crippen LogP contribution is 2.22. The summed E-state index contributed by atoms with van der Waals surface area (Å²) in [7, 11) is 0. The van der Waals surface area contributed by atoms with Crippen molar-refractivity contribution in [2.75, 3.05) is 6.61 Å². The Bertz CT molecular complexity index is 494. The summed E-state index contributed by atoms with van der Waals surface area (Å²) in [5.74, 6) is 1.38. The van der Waals surface area contributed by atoms with Crippen LogP contribution in [-0.4, -0.2) is 6.61 Å². The van der Waals surface area contributed by atoms with Gasteiger partial charge in [-0.15, -0.1) is 11.6 Å². The van der Waals surface area contributed by atoms with Gasteiger partial charge in [0.1, 0.15) is 5.75 Å². The normalized spacial score (nSPS) is 10.3. The number of benzene rings is 2. The number of hydrogen-bond acceptors (Lipinski definition) is 1. The Morgan fingerprint density at radius 3 is 2.56 bits per heavy atom. The third-order valence-electron chi connectivity index (χ3n) is 2.85. The molecule has 2 rings (SSSR count). The van der Waals surface area contributed by atoms with Gasteiger partial charge in [0.2, 0.25) is 0 Å². The maximum atomic E-state index is 5.92. The Morgan fingerprint density at radius 2 is 1.83 bits per heavy atom. The van der Waals surface area contributed by atoms with E-state index in [0.29, 0.717) is 12.5 Å². The maximum absolute atomic E-state index is 5.92. The van der Waals surface area contributed by atoms with E-state index in [1.54, 1.807) is 0 Å². The number of alkyl halides is 1. The van der Waals surface area contributed by atoms with Gasteiger partial charge in [0, 0.05) is 12.0 Å². The van der Waals surface area contributed by atoms with Crippen molar-refractivity contribution in [2.45, 2.75) is 19.2 Å². The molecule has 0 heterocycles. The van der Waals surface area contributed by atoms with Crippen LogP contribution in [0.2, 0.25) is 0 Å². The molecule has 18 heavy (non-hydrogen) atoms. The molecule has 2 heteroatoms.